The van der Waals surface area contributed by atoms with Gasteiger partial charge in [0.1, 0.15) is 5.69 Å². The Balaban J connectivity index is 2.07. The SMILES string of the molecule is CC(C)(C)[Si](OCc1cnc(C=O)cn1)(c1ccccc1)c1ccccc1. The van der Waals surface area contributed by atoms with Crippen LogP contribution in [-0.2, 0) is 11.0 Å². The number of hydrogen-bond acceptors (Lipinski definition) is 4. The van der Waals surface area contributed by atoms with E-state index in [1.54, 1.807) is 6.20 Å². The van der Waals surface area contributed by atoms with E-state index >= 15 is 0 Å². The van der Waals surface area contributed by atoms with Crippen LogP contribution in [0.25, 0.3) is 0 Å². The molecule has 3 rings (SSSR count). The maximum atomic E-state index is 10.8. The number of carbonyl (C=O) groups excluding carboxylic acids is 1. The molecule has 0 saturated heterocycles. The average Bonchev–Trinajstić information content (AvgIpc) is 2.69. The Morgan fingerprint density at radius 2 is 1.44 bits per heavy atom. The van der Waals surface area contributed by atoms with E-state index < -0.39 is 8.32 Å². The van der Waals surface area contributed by atoms with Gasteiger partial charge in [0.2, 0.25) is 0 Å². The topological polar surface area (TPSA) is 52.1 Å². The lowest BCUT2D eigenvalue weighted by molar-refractivity contribution is 0.111. The van der Waals surface area contributed by atoms with E-state index in [4.69, 9.17) is 4.43 Å². The highest BCUT2D eigenvalue weighted by atomic mass is 28.4. The second-order valence-corrected chi connectivity index (χ2v) is 11.8. The van der Waals surface area contributed by atoms with Crippen molar-refractivity contribution >= 4 is 25.0 Å². The molecule has 1 aromatic heterocycles. The van der Waals surface area contributed by atoms with Crippen LogP contribution in [0, 0.1) is 0 Å². The molecule has 0 fully saturated rings. The molecule has 0 saturated carbocycles. The number of nitrogens with zero attached hydrogens (tertiary/aromatic N) is 2. The molecule has 0 atom stereocenters. The summed E-state index contributed by atoms with van der Waals surface area (Å²) in [6, 6.07) is 20.9. The third-order valence-electron chi connectivity index (χ3n) is 4.70. The van der Waals surface area contributed by atoms with E-state index in [0.29, 0.717) is 24.3 Å². The third kappa shape index (κ3) is 3.89. The lowest BCUT2D eigenvalue weighted by Gasteiger charge is -2.42. The van der Waals surface area contributed by atoms with Crippen LogP contribution in [0.1, 0.15) is 37.0 Å². The molecule has 0 radical (unpaired) electrons. The largest absolute Gasteiger partial charge is 0.401 e. The standard InChI is InChI=1S/C22H24N2O2Si/c1-22(2,3)27(20-10-6-4-7-11-20,21-12-8-5-9-13-21)26-17-19-15-23-18(16-25)14-24-19/h4-16H,17H2,1-3H3. The van der Waals surface area contributed by atoms with Crippen LogP contribution in [0.5, 0.6) is 0 Å². The zero-order chi connectivity index (χ0) is 19.3. The highest BCUT2D eigenvalue weighted by Gasteiger charge is 2.50. The van der Waals surface area contributed by atoms with Crippen molar-refractivity contribution in [1.82, 2.24) is 9.97 Å². The maximum Gasteiger partial charge on any atom is 0.261 e. The molecule has 27 heavy (non-hydrogen) atoms. The first-order chi connectivity index (χ1) is 13.0. The van der Waals surface area contributed by atoms with Crippen molar-refractivity contribution in [3.05, 3.63) is 84.4 Å². The molecule has 0 N–H and O–H groups in total. The Bertz CT molecular complexity index is 836. The number of rotatable bonds is 6. The van der Waals surface area contributed by atoms with Crippen LogP contribution >= 0.6 is 0 Å². The first-order valence-electron chi connectivity index (χ1n) is 8.98. The fourth-order valence-corrected chi connectivity index (χ4v) is 7.96. The summed E-state index contributed by atoms with van der Waals surface area (Å²) in [7, 11) is -2.59. The maximum absolute atomic E-state index is 10.8. The fraction of sp³-hybridized carbons (Fsp3) is 0.227. The lowest BCUT2D eigenvalue weighted by Crippen LogP contribution is -2.66. The van der Waals surface area contributed by atoms with Crippen LogP contribution in [-0.4, -0.2) is 24.6 Å². The third-order valence-corrected chi connectivity index (χ3v) is 9.68. The van der Waals surface area contributed by atoms with Crippen molar-refractivity contribution in [2.24, 2.45) is 0 Å². The van der Waals surface area contributed by atoms with E-state index in [2.05, 4.69) is 79.3 Å². The quantitative estimate of drug-likeness (QED) is 0.489. The van der Waals surface area contributed by atoms with E-state index in [1.165, 1.54) is 16.6 Å². The zero-order valence-corrected chi connectivity index (χ0v) is 16.9. The zero-order valence-electron chi connectivity index (χ0n) is 15.9. The number of aromatic nitrogens is 2. The summed E-state index contributed by atoms with van der Waals surface area (Å²) in [6.45, 7) is 7.06. The molecular weight excluding hydrogens is 352 g/mol. The summed E-state index contributed by atoms with van der Waals surface area (Å²) in [5.41, 5.74) is 1.04. The van der Waals surface area contributed by atoms with Crippen LogP contribution in [0.15, 0.2) is 73.1 Å². The second-order valence-electron chi connectivity index (χ2n) is 7.50. The summed E-state index contributed by atoms with van der Waals surface area (Å²) < 4.78 is 6.77. The van der Waals surface area contributed by atoms with Crippen molar-refractivity contribution in [3.63, 3.8) is 0 Å². The van der Waals surface area contributed by atoms with Gasteiger partial charge in [0.05, 0.1) is 24.7 Å². The molecule has 0 spiro atoms. The van der Waals surface area contributed by atoms with Gasteiger partial charge in [0, 0.05) is 0 Å². The Hall–Kier alpha value is -2.63. The van der Waals surface area contributed by atoms with Crippen molar-refractivity contribution in [2.45, 2.75) is 32.4 Å². The molecule has 0 amide bonds. The molecule has 3 aromatic rings. The van der Waals surface area contributed by atoms with Gasteiger partial charge in [0.15, 0.2) is 6.29 Å². The normalized spacial score (nSPS) is 12.0. The smallest absolute Gasteiger partial charge is 0.261 e. The number of aldehydes is 1. The van der Waals surface area contributed by atoms with Gasteiger partial charge < -0.3 is 4.43 Å². The molecule has 0 aliphatic heterocycles. The van der Waals surface area contributed by atoms with Crippen LogP contribution in [0.4, 0.5) is 0 Å². The van der Waals surface area contributed by atoms with Crippen molar-refractivity contribution in [1.29, 1.82) is 0 Å². The van der Waals surface area contributed by atoms with Crippen molar-refractivity contribution < 1.29 is 9.22 Å². The first kappa shape index (κ1) is 19.1. The predicted octanol–water partition coefficient (Wildman–Crippen LogP) is 3.37. The van der Waals surface area contributed by atoms with Crippen molar-refractivity contribution in [3.8, 4) is 0 Å². The minimum absolute atomic E-state index is 0.0914. The fourth-order valence-electron chi connectivity index (χ4n) is 3.44. The molecule has 0 bridgehead atoms. The van der Waals surface area contributed by atoms with Crippen molar-refractivity contribution in [2.75, 3.05) is 0 Å². The summed E-state index contributed by atoms with van der Waals surface area (Å²) in [4.78, 5) is 19.2. The molecule has 0 unspecified atom stereocenters. The number of benzene rings is 2. The summed E-state index contributed by atoms with van der Waals surface area (Å²) in [6.07, 6.45) is 3.79. The highest BCUT2D eigenvalue weighted by molar-refractivity contribution is 6.99. The van der Waals surface area contributed by atoms with Gasteiger partial charge in [-0.05, 0) is 15.4 Å². The van der Waals surface area contributed by atoms with Crippen LogP contribution in [0.3, 0.4) is 0 Å². The van der Waals surface area contributed by atoms with Crippen LogP contribution < -0.4 is 10.4 Å². The Morgan fingerprint density at radius 1 is 0.889 bits per heavy atom. The van der Waals surface area contributed by atoms with Gasteiger partial charge in [-0.15, -0.1) is 0 Å². The Labute approximate surface area is 161 Å². The molecule has 1 heterocycles. The first-order valence-corrected chi connectivity index (χ1v) is 10.9. The summed E-state index contributed by atoms with van der Waals surface area (Å²) >= 11 is 0. The molecule has 5 heteroatoms. The van der Waals surface area contributed by atoms with Crippen LogP contribution in [0.2, 0.25) is 5.04 Å². The average molecular weight is 377 g/mol. The van der Waals surface area contributed by atoms with Gasteiger partial charge >= 0.3 is 0 Å². The second kappa shape index (κ2) is 7.94. The van der Waals surface area contributed by atoms with E-state index in [-0.39, 0.29) is 5.04 Å². The summed E-state index contributed by atoms with van der Waals surface area (Å²) in [5.74, 6) is 0. The minimum Gasteiger partial charge on any atom is -0.401 e. The highest BCUT2D eigenvalue weighted by Crippen LogP contribution is 2.37. The van der Waals surface area contributed by atoms with Gasteiger partial charge in [-0.1, -0.05) is 81.4 Å². The molecular formula is C22H24N2O2Si. The Kier molecular flexibility index (Phi) is 5.63. The monoisotopic (exact) mass is 376 g/mol. The van der Waals surface area contributed by atoms with E-state index in [0.717, 1.165) is 0 Å². The van der Waals surface area contributed by atoms with E-state index in [9.17, 15) is 4.79 Å². The molecule has 138 valence electrons. The Morgan fingerprint density at radius 3 is 1.85 bits per heavy atom. The predicted molar refractivity (Wildman–Crippen MR) is 110 cm³/mol. The van der Waals surface area contributed by atoms with E-state index in [1.807, 2.05) is 12.1 Å². The number of hydrogen-bond donors (Lipinski definition) is 0. The van der Waals surface area contributed by atoms with Gasteiger partial charge in [-0.3, -0.25) is 9.78 Å². The van der Waals surface area contributed by atoms with Gasteiger partial charge in [-0.25, -0.2) is 4.98 Å². The van der Waals surface area contributed by atoms with Gasteiger partial charge in [-0.2, -0.15) is 0 Å². The lowest BCUT2D eigenvalue weighted by atomic mass is 10.2. The molecule has 4 nitrogen and oxygen atoms in total. The summed E-state index contributed by atoms with van der Waals surface area (Å²) in [5, 5.41) is 2.36. The molecule has 0 aliphatic carbocycles. The van der Waals surface area contributed by atoms with Gasteiger partial charge in [0.25, 0.3) is 8.32 Å². The number of carbonyl (C=O) groups is 1. The molecule has 2 aromatic carbocycles. The molecule has 0 aliphatic rings. The minimum atomic E-state index is -2.59.